The Morgan fingerprint density at radius 2 is 2.14 bits per heavy atom. The first-order valence-corrected chi connectivity index (χ1v) is 4.58. The summed E-state index contributed by atoms with van der Waals surface area (Å²) in [5.74, 6) is 1.25. The second kappa shape index (κ2) is 4.76. The molecule has 78 valence electrons. The monoisotopic (exact) mass is 196 g/mol. The van der Waals surface area contributed by atoms with Crippen LogP contribution in [0.3, 0.4) is 0 Å². The number of nitrogen functional groups attached to an aromatic ring is 1. The van der Waals surface area contributed by atoms with Crippen molar-refractivity contribution in [2.45, 2.75) is 19.9 Å². The Morgan fingerprint density at radius 3 is 2.64 bits per heavy atom. The molecule has 2 atom stereocenters. The summed E-state index contributed by atoms with van der Waals surface area (Å²) in [5.41, 5.74) is 5.40. The molecule has 0 aliphatic heterocycles. The van der Waals surface area contributed by atoms with E-state index in [1.807, 2.05) is 13.8 Å². The molecule has 1 aromatic heterocycles. The third kappa shape index (κ3) is 2.85. The van der Waals surface area contributed by atoms with Gasteiger partial charge in [-0.2, -0.15) is 0 Å². The molecule has 5 heteroatoms. The lowest BCUT2D eigenvalue weighted by Crippen LogP contribution is -2.26. The molecular weight excluding hydrogens is 180 g/mol. The standard InChI is InChI=1S/C9H16N4O/c1-6(5-14)7(2)13-9-4-11-8(10)3-12-9/h3-4,6-7,14H,5H2,1-2H3,(H2,10,11)(H,12,13). The molecule has 0 saturated carbocycles. The fourth-order valence-electron chi connectivity index (χ4n) is 0.946. The molecule has 0 aliphatic carbocycles. The second-order valence-corrected chi connectivity index (χ2v) is 3.42. The fraction of sp³-hybridized carbons (Fsp3) is 0.556. The summed E-state index contributed by atoms with van der Waals surface area (Å²) < 4.78 is 0. The maximum absolute atomic E-state index is 8.93. The zero-order valence-corrected chi connectivity index (χ0v) is 8.44. The van der Waals surface area contributed by atoms with Gasteiger partial charge in [-0.25, -0.2) is 9.97 Å². The highest BCUT2D eigenvalue weighted by Crippen LogP contribution is 2.09. The molecule has 14 heavy (non-hydrogen) atoms. The van der Waals surface area contributed by atoms with Crippen LogP contribution in [0, 0.1) is 5.92 Å². The summed E-state index contributed by atoms with van der Waals surface area (Å²) in [6, 6.07) is 0.151. The number of nitrogens with one attached hydrogen (secondary N) is 1. The molecule has 0 aromatic carbocycles. The van der Waals surface area contributed by atoms with E-state index in [0.29, 0.717) is 11.6 Å². The molecule has 4 N–H and O–H groups in total. The van der Waals surface area contributed by atoms with Gasteiger partial charge in [-0.3, -0.25) is 0 Å². The molecule has 0 fully saturated rings. The molecule has 1 heterocycles. The van der Waals surface area contributed by atoms with E-state index in [1.54, 1.807) is 6.20 Å². The molecule has 0 radical (unpaired) electrons. The Bertz CT molecular complexity index is 275. The van der Waals surface area contributed by atoms with Crippen LogP contribution in [0.1, 0.15) is 13.8 Å². The van der Waals surface area contributed by atoms with Crippen LogP contribution in [0.25, 0.3) is 0 Å². The van der Waals surface area contributed by atoms with Gasteiger partial charge in [-0.05, 0) is 12.8 Å². The first kappa shape index (κ1) is 10.7. The van der Waals surface area contributed by atoms with Crippen LogP contribution in [0.5, 0.6) is 0 Å². The van der Waals surface area contributed by atoms with Crippen LogP contribution in [-0.4, -0.2) is 27.7 Å². The lowest BCUT2D eigenvalue weighted by Gasteiger charge is -2.19. The summed E-state index contributed by atoms with van der Waals surface area (Å²) >= 11 is 0. The minimum absolute atomic E-state index is 0.149. The highest BCUT2D eigenvalue weighted by Gasteiger charge is 2.10. The van der Waals surface area contributed by atoms with E-state index < -0.39 is 0 Å². The third-order valence-electron chi connectivity index (χ3n) is 2.19. The van der Waals surface area contributed by atoms with E-state index in [2.05, 4.69) is 15.3 Å². The van der Waals surface area contributed by atoms with E-state index in [-0.39, 0.29) is 18.6 Å². The van der Waals surface area contributed by atoms with Gasteiger partial charge >= 0.3 is 0 Å². The summed E-state index contributed by atoms with van der Waals surface area (Å²) in [6.45, 7) is 4.10. The summed E-state index contributed by atoms with van der Waals surface area (Å²) in [4.78, 5) is 7.96. The van der Waals surface area contributed by atoms with Crippen molar-refractivity contribution in [3.05, 3.63) is 12.4 Å². The van der Waals surface area contributed by atoms with Crippen LogP contribution in [0.15, 0.2) is 12.4 Å². The van der Waals surface area contributed by atoms with Crippen molar-refractivity contribution < 1.29 is 5.11 Å². The number of aliphatic hydroxyl groups excluding tert-OH is 1. The van der Waals surface area contributed by atoms with Gasteiger partial charge in [0, 0.05) is 12.6 Å². The van der Waals surface area contributed by atoms with Crippen molar-refractivity contribution in [1.29, 1.82) is 0 Å². The zero-order valence-electron chi connectivity index (χ0n) is 8.44. The first-order chi connectivity index (χ1) is 6.63. The smallest absolute Gasteiger partial charge is 0.144 e. The first-order valence-electron chi connectivity index (χ1n) is 4.58. The number of hydrogen-bond acceptors (Lipinski definition) is 5. The Kier molecular flexibility index (Phi) is 3.64. The van der Waals surface area contributed by atoms with Gasteiger partial charge in [0.1, 0.15) is 11.6 Å². The SMILES string of the molecule is CC(CO)C(C)Nc1cnc(N)cn1. The number of anilines is 2. The molecule has 0 amide bonds. The van der Waals surface area contributed by atoms with Gasteiger partial charge in [-0.1, -0.05) is 6.92 Å². The number of aliphatic hydroxyl groups is 1. The van der Waals surface area contributed by atoms with Crippen molar-refractivity contribution >= 4 is 11.6 Å². The normalized spacial score (nSPS) is 14.8. The van der Waals surface area contributed by atoms with E-state index in [9.17, 15) is 0 Å². The Hall–Kier alpha value is -1.36. The molecule has 2 unspecified atom stereocenters. The maximum Gasteiger partial charge on any atom is 0.144 e. The predicted molar refractivity (Wildman–Crippen MR) is 55.8 cm³/mol. The van der Waals surface area contributed by atoms with Crippen molar-refractivity contribution in [2.24, 2.45) is 5.92 Å². The van der Waals surface area contributed by atoms with Gasteiger partial charge in [0.2, 0.25) is 0 Å². The van der Waals surface area contributed by atoms with Crippen LogP contribution in [0.2, 0.25) is 0 Å². The van der Waals surface area contributed by atoms with E-state index in [4.69, 9.17) is 10.8 Å². The van der Waals surface area contributed by atoms with Crippen molar-refractivity contribution in [3.8, 4) is 0 Å². The van der Waals surface area contributed by atoms with Crippen LogP contribution >= 0.6 is 0 Å². The van der Waals surface area contributed by atoms with Crippen LogP contribution in [-0.2, 0) is 0 Å². The second-order valence-electron chi connectivity index (χ2n) is 3.42. The van der Waals surface area contributed by atoms with Crippen molar-refractivity contribution in [1.82, 2.24) is 9.97 Å². The molecule has 1 aromatic rings. The van der Waals surface area contributed by atoms with Gasteiger partial charge in [0.05, 0.1) is 12.4 Å². The van der Waals surface area contributed by atoms with Crippen LogP contribution in [0.4, 0.5) is 11.6 Å². The molecule has 0 saturated heterocycles. The molecule has 5 nitrogen and oxygen atoms in total. The molecular formula is C9H16N4O. The topological polar surface area (TPSA) is 84.1 Å². The Morgan fingerprint density at radius 1 is 1.43 bits per heavy atom. The average Bonchev–Trinajstić information content (AvgIpc) is 2.20. The van der Waals surface area contributed by atoms with Gasteiger partial charge in [0.25, 0.3) is 0 Å². The molecule has 1 rings (SSSR count). The maximum atomic E-state index is 8.93. The van der Waals surface area contributed by atoms with E-state index in [1.165, 1.54) is 6.20 Å². The molecule has 0 bridgehead atoms. The van der Waals surface area contributed by atoms with Crippen LogP contribution < -0.4 is 11.1 Å². The van der Waals surface area contributed by atoms with E-state index in [0.717, 1.165) is 0 Å². The average molecular weight is 196 g/mol. The van der Waals surface area contributed by atoms with Crippen molar-refractivity contribution in [2.75, 3.05) is 17.7 Å². The zero-order chi connectivity index (χ0) is 10.6. The number of rotatable bonds is 4. The Labute approximate surface area is 83.4 Å². The largest absolute Gasteiger partial charge is 0.396 e. The third-order valence-corrected chi connectivity index (χ3v) is 2.19. The lowest BCUT2D eigenvalue weighted by atomic mass is 10.1. The van der Waals surface area contributed by atoms with Gasteiger partial charge < -0.3 is 16.2 Å². The molecule has 0 aliphatic rings. The lowest BCUT2D eigenvalue weighted by molar-refractivity contribution is 0.226. The highest BCUT2D eigenvalue weighted by atomic mass is 16.3. The predicted octanol–water partition coefficient (Wildman–Crippen LogP) is 0.488. The minimum Gasteiger partial charge on any atom is -0.396 e. The summed E-state index contributed by atoms with van der Waals surface area (Å²) in [5, 5.41) is 12.1. The summed E-state index contributed by atoms with van der Waals surface area (Å²) in [6.07, 6.45) is 3.08. The summed E-state index contributed by atoms with van der Waals surface area (Å²) in [7, 11) is 0. The number of nitrogens with two attached hydrogens (primary N) is 1. The Balaban J connectivity index is 2.56. The fourth-order valence-corrected chi connectivity index (χ4v) is 0.946. The van der Waals surface area contributed by atoms with Crippen molar-refractivity contribution in [3.63, 3.8) is 0 Å². The number of nitrogens with zero attached hydrogens (tertiary/aromatic N) is 2. The van der Waals surface area contributed by atoms with Gasteiger partial charge in [-0.15, -0.1) is 0 Å². The molecule has 0 spiro atoms. The van der Waals surface area contributed by atoms with Gasteiger partial charge in [0.15, 0.2) is 0 Å². The minimum atomic E-state index is 0.149. The quantitative estimate of drug-likeness (QED) is 0.652. The number of hydrogen-bond donors (Lipinski definition) is 3. The number of aromatic nitrogens is 2. The van der Waals surface area contributed by atoms with E-state index >= 15 is 0 Å². The highest BCUT2D eigenvalue weighted by molar-refractivity contribution is 5.36.